The van der Waals surface area contributed by atoms with Crippen LogP contribution in [0.15, 0.2) is 18.2 Å². The Balaban J connectivity index is 2.17. The molecule has 1 aromatic carbocycles. The zero-order valence-corrected chi connectivity index (χ0v) is 11.3. The number of carboxylic acid groups (broad SMARTS) is 1. The standard InChI is InChI=1S/C15H15FN2O3/c16-10-5-6-13(9(7-10)8-17)18-14(19)11-3-1-2-4-12(11)15(20)21/h5-7,11-12H,1-4H2,(H,18,19)(H,20,21)/t11-,12+/m1/s1. The lowest BCUT2D eigenvalue weighted by atomic mass is 9.78. The summed E-state index contributed by atoms with van der Waals surface area (Å²) in [7, 11) is 0. The maximum absolute atomic E-state index is 13.1. The number of rotatable bonds is 3. The van der Waals surface area contributed by atoms with Crippen molar-refractivity contribution in [2.45, 2.75) is 25.7 Å². The number of carboxylic acids is 1. The highest BCUT2D eigenvalue weighted by atomic mass is 19.1. The first-order valence-corrected chi connectivity index (χ1v) is 6.76. The SMILES string of the molecule is N#Cc1cc(F)ccc1NC(=O)[C@@H]1CCCC[C@@H]1C(=O)O. The predicted octanol–water partition coefficient (Wildman–Crippen LogP) is 2.53. The van der Waals surface area contributed by atoms with Crippen LogP contribution in [0.25, 0.3) is 0 Å². The molecule has 2 N–H and O–H groups in total. The average molecular weight is 290 g/mol. The molecule has 0 aromatic heterocycles. The molecule has 1 aromatic rings. The van der Waals surface area contributed by atoms with Gasteiger partial charge in [-0.25, -0.2) is 4.39 Å². The number of amides is 1. The second kappa shape index (κ2) is 6.35. The van der Waals surface area contributed by atoms with Crippen LogP contribution in [0.1, 0.15) is 31.2 Å². The Kier molecular flexibility index (Phi) is 4.53. The third-order valence-electron chi connectivity index (χ3n) is 3.78. The van der Waals surface area contributed by atoms with E-state index in [1.54, 1.807) is 0 Å². The van der Waals surface area contributed by atoms with Gasteiger partial charge in [-0.1, -0.05) is 12.8 Å². The number of carbonyl (C=O) groups is 2. The van der Waals surface area contributed by atoms with Crippen molar-refractivity contribution in [1.82, 2.24) is 0 Å². The van der Waals surface area contributed by atoms with Gasteiger partial charge in [0.05, 0.1) is 23.1 Å². The van der Waals surface area contributed by atoms with Crippen molar-refractivity contribution in [3.05, 3.63) is 29.6 Å². The van der Waals surface area contributed by atoms with Gasteiger partial charge in [-0.2, -0.15) is 5.26 Å². The zero-order chi connectivity index (χ0) is 15.4. The quantitative estimate of drug-likeness (QED) is 0.895. The summed E-state index contributed by atoms with van der Waals surface area (Å²) in [6.07, 6.45) is 2.57. The van der Waals surface area contributed by atoms with Crippen LogP contribution in [-0.2, 0) is 9.59 Å². The second-order valence-corrected chi connectivity index (χ2v) is 5.13. The van der Waals surface area contributed by atoms with E-state index in [9.17, 15) is 19.1 Å². The lowest BCUT2D eigenvalue weighted by Gasteiger charge is -2.27. The number of halogens is 1. The van der Waals surface area contributed by atoms with Crippen molar-refractivity contribution in [2.75, 3.05) is 5.32 Å². The maximum Gasteiger partial charge on any atom is 0.307 e. The van der Waals surface area contributed by atoms with E-state index < -0.39 is 29.5 Å². The molecule has 1 aliphatic rings. The van der Waals surface area contributed by atoms with E-state index in [1.807, 2.05) is 6.07 Å². The Hall–Kier alpha value is -2.42. The molecule has 1 amide bonds. The molecule has 21 heavy (non-hydrogen) atoms. The Morgan fingerprint density at radius 1 is 1.29 bits per heavy atom. The predicted molar refractivity (Wildman–Crippen MR) is 72.8 cm³/mol. The summed E-state index contributed by atoms with van der Waals surface area (Å²) in [5.41, 5.74) is 0.227. The third-order valence-corrected chi connectivity index (χ3v) is 3.78. The molecule has 110 valence electrons. The van der Waals surface area contributed by atoms with Crippen LogP contribution in [0.5, 0.6) is 0 Å². The lowest BCUT2D eigenvalue weighted by molar-refractivity contribution is -0.147. The summed E-state index contributed by atoms with van der Waals surface area (Å²) in [5.74, 6) is -3.29. The van der Waals surface area contributed by atoms with Gasteiger partial charge in [0.2, 0.25) is 5.91 Å². The highest BCUT2D eigenvalue weighted by Gasteiger charge is 2.35. The molecule has 1 aliphatic carbocycles. The molecule has 0 unspecified atom stereocenters. The molecule has 1 saturated carbocycles. The number of hydrogen-bond donors (Lipinski definition) is 2. The first kappa shape index (κ1) is 15.0. The molecule has 0 spiro atoms. The Labute approximate surface area is 121 Å². The topological polar surface area (TPSA) is 90.2 Å². The smallest absolute Gasteiger partial charge is 0.307 e. The second-order valence-electron chi connectivity index (χ2n) is 5.13. The van der Waals surface area contributed by atoms with Crippen LogP contribution in [-0.4, -0.2) is 17.0 Å². The largest absolute Gasteiger partial charge is 0.481 e. The molecular formula is C15H15FN2O3. The van der Waals surface area contributed by atoms with Crippen LogP contribution >= 0.6 is 0 Å². The number of nitrogens with zero attached hydrogens (tertiary/aromatic N) is 1. The maximum atomic E-state index is 13.1. The third kappa shape index (κ3) is 3.37. The highest BCUT2D eigenvalue weighted by molar-refractivity contribution is 5.96. The van der Waals surface area contributed by atoms with Gasteiger partial charge in [0.1, 0.15) is 11.9 Å². The van der Waals surface area contributed by atoms with Gasteiger partial charge in [0.25, 0.3) is 0 Å². The number of hydrogen-bond acceptors (Lipinski definition) is 3. The van der Waals surface area contributed by atoms with E-state index in [1.165, 1.54) is 6.07 Å². The monoisotopic (exact) mass is 290 g/mol. The van der Waals surface area contributed by atoms with Gasteiger partial charge in [0, 0.05) is 0 Å². The van der Waals surface area contributed by atoms with Crippen molar-refractivity contribution in [3.63, 3.8) is 0 Å². The summed E-state index contributed by atoms with van der Waals surface area (Å²) in [6.45, 7) is 0. The molecule has 0 radical (unpaired) electrons. The molecule has 0 saturated heterocycles. The van der Waals surface area contributed by atoms with Crippen LogP contribution < -0.4 is 5.32 Å². The Morgan fingerprint density at radius 3 is 2.57 bits per heavy atom. The van der Waals surface area contributed by atoms with Crippen molar-refractivity contribution in [3.8, 4) is 6.07 Å². The van der Waals surface area contributed by atoms with Crippen LogP contribution in [0.2, 0.25) is 0 Å². The van der Waals surface area contributed by atoms with Gasteiger partial charge in [-0.15, -0.1) is 0 Å². The summed E-state index contributed by atoms with van der Waals surface area (Å²) in [4.78, 5) is 23.5. The number of anilines is 1. The normalized spacial score (nSPS) is 21.3. The number of nitrogens with one attached hydrogen (secondary N) is 1. The minimum atomic E-state index is -0.977. The van der Waals surface area contributed by atoms with Crippen molar-refractivity contribution in [1.29, 1.82) is 5.26 Å². The molecule has 0 aliphatic heterocycles. The van der Waals surface area contributed by atoms with Gasteiger partial charge in [-0.3, -0.25) is 9.59 Å². The summed E-state index contributed by atoms with van der Waals surface area (Å²) >= 11 is 0. The molecule has 5 nitrogen and oxygen atoms in total. The minimum absolute atomic E-state index is 0.0195. The first-order chi connectivity index (χ1) is 10.0. The molecule has 6 heteroatoms. The number of aliphatic carboxylic acids is 1. The first-order valence-electron chi connectivity index (χ1n) is 6.76. The molecule has 2 atom stereocenters. The van der Waals surface area contributed by atoms with Crippen LogP contribution in [0, 0.1) is 29.0 Å². The lowest BCUT2D eigenvalue weighted by Crippen LogP contribution is -2.36. The van der Waals surface area contributed by atoms with Crippen molar-refractivity contribution < 1.29 is 19.1 Å². The van der Waals surface area contributed by atoms with Crippen LogP contribution in [0.4, 0.5) is 10.1 Å². The van der Waals surface area contributed by atoms with Gasteiger partial charge in [-0.05, 0) is 31.0 Å². The minimum Gasteiger partial charge on any atom is -0.481 e. The van der Waals surface area contributed by atoms with Crippen LogP contribution in [0.3, 0.4) is 0 Å². The van der Waals surface area contributed by atoms with E-state index in [0.717, 1.165) is 25.0 Å². The Morgan fingerprint density at radius 2 is 1.95 bits per heavy atom. The average Bonchev–Trinajstić information content (AvgIpc) is 2.48. The van der Waals surface area contributed by atoms with Gasteiger partial charge >= 0.3 is 5.97 Å². The van der Waals surface area contributed by atoms with Gasteiger partial charge in [0.15, 0.2) is 0 Å². The van der Waals surface area contributed by atoms with E-state index in [0.29, 0.717) is 12.8 Å². The fraction of sp³-hybridized carbons (Fsp3) is 0.400. The summed E-state index contributed by atoms with van der Waals surface area (Å²) in [5, 5.41) is 20.7. The van der Waals surface area contributed by atoms with E-state index in [-0.39, 0.29) is 11.3 Å². The summed E-state index contributed by atoms with van der Waals surface area (Å²) in [6, 6.07) is 5.30. The fourth-order valence-corrected chi connectivity index (χ4v) is 2.68. The molecule has 0 heterocycles. The fourth-order valence-electron chi connectivity index (χ4n) is 2.68. The number of nitriles is 1. The van der Waals surface area contributed by atoms with E-state index in [2.05, 4.69) is 5.32 Å². The summed E-state index contributed by atoms with van der Waals surface area (Å²) < 4.78 is 13.1. The van der Waals surface area contributed by atoms with Gasteiger partial charge < -0.3 is 10.4 Å². The van der Waals surface area contributed by atoms with E-state index in [4.69, 9.17) is 5.26 Å². The Bertz CT molecular complexity index is 609. The number of benzene rings is 1. The van der Waals surface area contributed by atoms with E-state index >= 15 is 0 Å². The highest BCUT2D eigenvalue weighted by Crippen LogP contribution is 2.31. The molecule has 0 bridgehead atoms. The van der Waals surface area contributed by atoms with Crippen molar-refractivity contribution >= 4 is 17.6 Å². The molecular weight excluding hydrogens is 275 g/mol. The van der Waals surface area contributed by atoms with Crippen molar-refractivity contribution in [2.24, 2.45) is 11.8 Å². The molecule has 1 fully saturated rings. The number of carbonyl (C=O) groups excluding carboxylic acids is 1. The zero-order valence-electron chi connectivity index (χ0n) is 11.3. The molecule has 2 rings (SSSR count).